The molecule has 1 atom stereocenters. The lowest BCUT2D eigenvalue weighted by Crippen LogP contribution is -2.52. The summed E-state index contributed by atoms with van der Waals surface area (Å²) in [6.07, 6.45) is 2.81. The number of carbonyl (C=O) groups excluding carboxylic acids is 1. The van der Waals surface area contributed by atoms with E-state index in [1.807, 2.05) is 29.0 Å². The fraction of sp³-hybridized carbons (Fsp3) is 0.409. The second-order valence-corrected chi connectivity index (χ2v) is 7.43. The van der Waals surface area contributed by atoms with E-state index in [4.69, 9.17) is 0 Å². The first-order chi connectivity index (χ1) is 13.2. The van der Waals surface area contributed by atoms with Crippen LogP contribution in [-0.2, 0) is 6.42 Å². The third-order valence-electron chi connectivity index (χ3n) is 5.89. The maximum atomic E-state index is 13.5. The highest BCUT2D eigenvalue weighted by atomic mass is 19.1. The number of nitrogens with one attached hydrogen (secondary N) is 1. The van der Waals surface area contributed by atoms with Crippen molar-refractivity contribution >= 4 is 6.03 Å². The lowest BCUT2D eigenvalue weighted by atomic mass is 9.88. The van der Waals surface area contributed by atoms with Crippen molar-refractivity contribution in [3.05, 3.63) is 71.0 Å². The smallest absolute Gasteiger partial charge is 0.320 e. The van der Waals surface area contributed by atoms with Gasteiger partial charge < -0.3 is 15.1 Å². The van der Waals surface area contributed by atoms with Gasteiger partial charge in [0.15, 0.2) is 0 Å². The largest absolute Gasteiger partial charge is 0.325 e. The van der Waals surface area contributed by atoms with Crippen LogP contribution in [-0.4, -0.2) is 48.6 Å². The van der Waals surface area contributed by atoms with Crippen LogP contribution in [0.4, 0.5) is 9.18 Å². The van der Waals surface area contributed by atoms with Gasteiger partial charge in [0.2, 0.25) is 0 Å². The first kappa shape index (κ1) is 18.0. The number of likely N-dealkylation sites (tertiary alicyclic amines) is 1. The topological polar surface area (TPSA) is 35.6 Å². The van der Waals surface area contributed by atoms with Gasteiger partial charge in [0.1, 0.15) is 5.82 Å². The van der Waals surface area contributed by atoms with Crippen LogP contribution >= 0.6 is 0 Å². The number of piperidine rings is 1. The molecule has 2 aliphatic heterocycles. The normalized spacial score (nSPS) is 20.4. The second kappa shape index (κ2) is 7.69. The zero-order chi connectivity index (χ0) is 18.8. The van der Waals surface area contributed by atoms with Crippen LogP contribution in [0.15, 0.2) is 48.5 Å². The van der Waals surface area contributed by atoms with Gasteiger partial charge in [-0.05, 0) is 55.1 Å². The third kappa shape index (κ3) is 3.56. The molecule has 2 heterocycles. The standard InChI is InChI=1S/C22H26FN3O/c1-24-19-11-13-25(14-12-19)22(27)26-15-10-16-4-2-3-5-20(16)21(26)17-6-8-18(23)9-7-17/h2-9,19,21,24H,10-15H2,1H3/t21-/m0/s1. The number of rotatable bonds is 2. The summed E-state index contributed by atoms with van der Waals surface area (Å²) in [5.74, 6) is -0.255. The predicted octanol–water partition coefficient (Wildman–Crippen LogP) is 3.58. The summed E-state index contributed by atoms with van der Waals surface area (Å²) in [7, 11) is 1.98. The molecule has 4 nitrogen and oxygen atoms in total. The Morgan fingerprint density at radius 1 is 1.04 bits per heavy atom. The van der Waals surface area contributed by atoms with E-state index in [-0.39, 0.29) is 17.9 Å². The van der Waals surface area contributed by atoms with Crippen LogP contribution < -0.4 is 5.32 Å². The SMILES string of the molecule is CNC1CCN(C(=O)N2CCc3ccccc3[C@@H]2c2ccc(F)cc2)CC1. The first-order valence-electron chi connectivity index (χ1n) is 9.73. The maximum absolute atomic E-state index is 13.5. The fourth-order valence-corrected chi connectivity index (χ4v) is 4.32. The van der Waals surface area contributed by atoms with Crippen molar-refractivity contribution in [3.63, 3.8) is 0 Å². The molecule has 0 radical (unpaired) electrons. The van der Waals surface area contributed by atoms with Gasteiger partial charge in [0.25, 0.3) is 0 Å². The molecule has 27 heavy (non-hydrogen) atoms. The quantitative estimate of drug-likeness (QED) is 0.881. The number of amides is 2. The van der Waals surface area contributed by atoms with E-state index in [2.05, 4.69) is 17.4 Å². The highest BCUT2D eigenvalue weighted by Crippen LogP contribution is 2.36. The molecule has 2 aromatic carbocycles. The molecule has 142 valence electrons. The summed E-state index contributed by atoms with van der Waals surface area (Å²) in [6.45, 7) is 2.24. The van der Waals surface area contributed by atoms with E-state index in [1.165, 1.54) is 17.7 Å². The summed E-state index contributed by atoms with van der Waals surface area (Å²) in [4.78, 5) is 17.3. The summed E-state index contributed by atoms with van der Waals surface area (Å²) in [5.41, 5.74) is 3.38. The van der Waals surface area contributed by atoms with Crippen LogP contribution in [0, 0.1) is 5.82 Å². The summed E-state index contributed by atoms with van der Waals surface area (Å²) < 4.78 is 13.5. The van der Waals surface area contributed by atoms with E-state index < -0.39 is 0 Å². The molecule has 4 rings (SSSR count). The van der Waals surface area contributed by atoms with Gasteiger partial charge in [-0.3, -0.25) is 0 Å². The minimum atomic E-state index is -0.255. The molecule has 2 aromatic rings. The van der Waals surface area contributed by atoms with Crippen molar-refractivity contribution in [3.8, 4) is 0 Å². The van der Waals surface area contributed by atoms with E-state index in [1.54, 1.807) is 12.1 Å². The zero-order valence-corrected chi connectivity index (χ0v) is 15.7. The average molecular weight is 367 g/mol. The molecule has 1 fully saturated rings. The van der Waals surface area contributed by atoms with Crippen molar-refractivity contribution in [2.75, 3.05) is 26.7 Å². The number of nitrogens with zero attached hydrogens (tertiary/aromatic N) is 2. The van der Waals surface area contributed by atoms with Crippen molar-refractivity contribution in [2.24, 2.45) is 0 Å². The van der Waals surface area contributed by atoms with Crippen molar-refractivity contribution in [2.45, 2.75) is 31.3 Å². The lowest BCUT2D eigenvalue weighted by molar-refractivity contribution is 0.124. The monoisotopic (exact) mass is 367 g/mol. The second-order valence-electron chi connectivity index (χ2n) is 7.43. The average Bonchev–Trinajstić information content (AvgIpc) is 2.73. The molecule has 1 N–H and O–H groups in total. The van der Waals surface area contributed by atoms with Crippen LogP contribution in [0.1, 0.15) is 35.6 Å². The summed E-state index contributed by atoms with van der Waals surface area (Å²) >= 11 is 0. The lowest BCUT2D eigenvalue weighted by Gasteiger charge is -2.42. The number of fused-ring (bicyclic) bond motifs is 1. The first-order valence-corrected chi connectivity index (χ1v) is 9.73. The van der Waals surface area contributed by atoms with Gasteiger partial charge in [-0.2, -0.15) is 0 Å². The Balaban J connectivity index is 1.64. The third-order valence-corrected chi connectivity index (χ3v) is 5.89. The number of carbonyl (C=O) groups is 1. The zero-order valence-electron chi connectivity index (χ0n) is 15.7. The molecule has 0 aliphatic carbocycles. The molecular weight excluding hydrogens is 341 g/mol. The molecule has 0 saturated carbocycles. The van der Waals surface area contributed by atoms with E-state index in [0.717, 1.165) is 43.5 Å². The number of hydrogen-bond acceptors (Lipinski definition) is 2. The van der Waals surface area contributed by atoms with Gasteiger partial charge in [0, 0.05) is 25.7 Å². The highest BCUT2D eigenvalue weighted by molar-refractivity contribution is 5.76. The Hall–Kier alpha value is -2.40. The molecular formula is C22H26FN3O. The maximum Gasteiger partial charge on any atom is 0.320 e. The molecule has 0 bridgehead atoms. The van der Waals surface area contributed by atoms with Crippen molar-refractivity contribution in [1.29, 1.82) is 0 Å². The van der Waals surface area contributed by atoms with Gasteiger partial charge in [-0.1, -0.05) is 36.4 Å². The van der Waals surface area contributed by atoms with Gasteiger partial charge >= 0.3 is 6.03 Å². The molecule has 2 aliphatic rings. The Morgan fingerprint density at radius 3 is 2.44 bits per heavy atom. The number of halogens is 1. The Bertz CT molecular complexity index is 799. The highest BCUT2D eigenvalue weighted by Gasteiger charge is 2.35. The van der Waals surface area contributed by atoms with Gasteiger partial charge in [0.05, 0.1) is 6.04 Å². The molecule has 2 amide bonds. The fourth-order valence-electron chi connectivity index (χ4n) is 4.32. The molecule has 0 aromatic heterocycles. The predicted molar refractivity (Wildman–Crippen MR) is 104 cm³/mol. The van der Waals surface area contributed by atoms with E-state index in [0.29, 0.717) is 12.6 Å². The van der Waals surface area contributed by atoms with Crippen molar-refractivity contribution in [1.82, 2.24) is 15.1 Å². The number of benzene rings is 2. The Labute approximate surface area is 160 Å². The van der Waals surface area contributed by atoms with Crippen LogP contribution in [0.25, 0.3) is 0 Å². The number of hydrogen-bond donors (Lipinski definition) is 1. The summed E-state index contributed by atoms with van der Waals surface area (Å²) in [6, 6.07) is 15.3. The van der Waals surface area contributed by atoms with E-state index >= 15 is 0 Å². The Morgan fingerprint density at radius 2 is 1.74 bits per heavy atom. The van der Waals surface area contributed by atoms with E-state index in [9.17, 15) is 9.18 Å². The molecule has 1 saturated heterocycles. The summed E-state index contributed by atoms with van der Waals surface area (Å²) in [5, 5.41) is 3.31. The molecule has 5 heteroatoms. The van der Waals surface area contributed by atoms with Crippen LogP contribution in [0.3, 0.4) is 0 Å². The molecule has 0 spiro atoms. The minimum absolute atomic E-state index is 0.0911. The molecule has 0 unspecified atom stereocenters. The van der Waals surface area contributed by atoms with Gasteiger partial charge in [-0.15, -0.1) is 0 Å². The van der Waals surface area contributed by atoms with Gasteiger partial charge in [-0.25, -0.2) is 9.18 Å². The van der Waals surface area contributed by atoms with Crippen molar-refractivity contribution < 1.29 is 9.18 Å². The number of urea groups is 1. The minimum Gasteiger partial charge on any atom is -0.325 e. The van der Waals surface area contributed by atoms with Crippen LogP contribution in [0.2, 0.25) is 0 Å². The Kier molecular flexibility index (Phi) is 5.12. The van der Waals surface area contributed by atoms with Crippen LogP contribution in [0.5, 0.6) is 0 Å².